The maximum Gasteiger partial charge on any atom is 0.306 e. The van der Waals surface area contributed by atoms with Crippen molar-refractivity contribution >= 4 is 5.97 Å². The van der Waals surface area contributed by atoms with Gasteiger partial charge in [0.2, 0.25) is 11.2 Å². The predicted octanol–water partition coefficient (Wildman–Crippen LogP) is 3.50. The molecule has 7 heteroatoms. The Hall–Kier alpha value is -3.58. The first-order chi connectivity index (χ1) is 15.0. The highest BCUT2D eigenvalue weighted by Gasteiger charge is 2.26. The van der Waals surface area contributed by atoms with E-state index in [0.29, 0.717) is 17.9 Å². The number of hydrogen-bond acceptors (Lipinski definition) is 7. The van der Waals surface area contributed by atoms with E-state index in [4.69, 9.17) is 13.9 Å². The third-order valence-electron chi connectivity index (χ3n) is 4.68. The van der Waals surface area contributed by atoms with Gasteiger partial charge < -0.3 is 24.1 Å². The average molecular weight is 424 g/mol. The Labute approximate surface area is 179 Å². The van der Waals surface area contributed by atoms with Crippen molar-refractivity contribution in [1.82, 2.24) is 0 Å². The summed E-state index contributed by atoms with van der Waals surface area (Å²) in [5.74, 6) is -1.36. The second-order valence-corrected chi connectivity index (χ2v) is 6.85. The highest BCUT2D eigenvalue weighted by atomic mass is 16.5. The molecule has 1 atom stereocenters. The molecule has 0 saturated carbocycles. The van der Waals surface area contributed by atoms with E-state index in [0.717, 1.165) is 11.6 Å². The van der Waals surface area contributed by atoms with E-state index < -0.39 is 29.7 Å². The van der Waals surface area contributed by atoms with Gasteiger partial charge in [0.15, 0.2) is 5.76 Å². The monoisotopic (exact) mass is 424 g/mol. The molecule has 0 bridgehead atoms. The van der Waals surface area contributed by atoms with Crippen molar-refractivity contribution in [3.05, 3.63) is 93.5 Å². The molecule has 2 aromatic carbocycles. The van der Waals surface area contributed by atoms with Crippen LogP contribution in [0.2, 0.25) is 0 Å². The molecule has 0 fully saturated rings. The van der Waals surface area contributed by atoms with Crippen LogP contribution in [0.15, 0.2) is 69.9 Å². The fraction of sp³-hybridized carbons (Fsp3) is 0.250. The molecule has 162 valence electrons. The Kier molecular flexibility index (Phi) is 7.45. The lowest BCUT2D eigenvalue weighted by Crippen LogP contribution is -2.15. The summed E-state index contributed by atoms with van der Waals surface area (Å²) in [6, 6.07) is 17.7. The Bertz CT molecular complexity index is 1060. The van der Waals surface area contributed by atoms with E-state index >= 15 is 0 Å². The van der Waals surface area contributed by atoms with Gasteiger partial charge in [0.25, 0.3) is 0 Å². The van der Waals surface area contributed by atoms with E-state index in [9.17, 15) is 19.8 Å². The number of benzene rings is 2. The van der Waals surface area contributed by atoms with Crippen molar-refractivity contribution in [2.75, 3.05) is 6.61 Å². The van der Waals surface area contributed by atoms with Gasteiger partial charge in [-0.3, -0.25) is 9.59 Å². The number of aromatic hydroxyl groups is 1. The van der Waals surface area contributed by atoms with Crippen LogP contribution in [-0.2, 0) is 22.7 Å². The van der Waals surface area contributed by atoms with Gasteiger partial charge in [0.1, 0.15) is 24.7 Å². The lowest BCUT2D eigenvalue weighted by atomic mass is 9.92. The van der Waals surface area contributed by atoms with Crippen LogP contribution < -0.4 is 10.2 Å². The molecule has 2 N–H and O–H groups in total. The lowest BCUT2D eigenvalue weighted by molar-refractivity contribution is -0.143. The molecule has 1 aromatic heterocycles. The molecule has 0 spiro atoms. The van der Waals surface area contributed by atoms with Crippen molar-refractivity contribution in [1.29, 1.82) is 0 Å². The molecule has 3 rings (SSSR count). The third kappa shape index (κ3) is 5.73. The second kappa shape index (κ2) is 10.4. The van der Waals surface area contributed by atoms with Crippen molar-refractivity contribution in [3.63, 3.8) is 0 Å². The number of aliphatic hydroxyl groups is 1. The molecule has 0 aliphatic rings. The van der Waals surface area contributed by atoms with E-state index in [1.807, 2.05) is 30.3 Å². The van der Waals surface area contributed by atoms with Crippen LogP contribution in [0.4, 0.5) is 0 Å². The lowest BCUT2D eigenvalue weighted by Gasteiger charge is -2.18. The Morgan fingerprint density at radius 2 is 1.81 bits per heavy atom. The maximum absolute atomic E-state index is 12.2. The molecule has 0 radical (unpaired) electrons. The maximum atomic E-state index is 12.2. The van der Waals surface area contributed by atoms with Gasteiger partial charge in [-0.1, -0.05) is 42.5 Å². The minimum atomic E-state index is -0.776. The van der Waals surface area contributed by atoms with E-state index in [1.165, 1.54) is 0 Å². The molecule has 0 aliphatic carbocycles. The molecule has 3 aromatic rings. The van der Waals surface area contributed by atoms with Crippen molar-refractivity contribution in [2.24, 2.45) is 0 Å². The summed E-state index contributed by atoms with van der Waals surface area (Å²) < 4.78 is 16.4. The van der Waals surface area contributed by atoms with E-state index in [-0.39, 0.29) is 24.5 Å². The van der Waals surface area contributed by atoms with Crippen molar-refractivity contribution < 1.29 is 28.9 Å². The Balaban J connectivity index is 1.88. The number of carbonyl (C=O) groups excluding carboxylic acids is 1. The Morgan fingerprint density at radius 3 is 2.45 bits per heavy atom. The smallest absolute Gasteiger partial charge is 0.306 e. The predicted molar refractivity (Wildman–Crippen MR) is 113 cm³/mol. The van der Waals surface area contributed by atoms with Crippen LogP contribution in [0.25, 0.3) is 0 Å². The van der Waals surface area contributed by atoms with Crippen LogP contribution in [0.5, 0.6) is 11.5 Å². The summed E-state index contributed by atoms with van der Waals surface area (Å²) in [5, 5.41) is 19.7. The highest BCUT2D eigenvalue weighted by molar-refractivity contribution is 5.71. The number of rotatable bonds is 9. The summed E-state index contributed by atoms with van der Waals surface area (Å²) in [6.07, 6.45) is -0.149. The summed E-state index contributed by atoms with van der Waals surface area (Å²) >= 11 is 0. The molecule has 31 heavy (non-hydrogen) atoms. The fourth-order valence-corrected chi connectivity index (χ4v) is 3.15. The SMILES string of the molecule is CCOC(=O)CC(c1ccc(OCc2ccccc2)cc1)c1oc(CO)cc(=O)c1O. The van der Waals surface area contributed by atoms with E-state index in [2.05, 4.69) is 0 Å². The normalized spacial score (nSPS) is 11.7. The first kappa shape index (κ1) is 22.1. The summed E-state index contributed by atoms with van der Waals surface area (Å²) in [6.45, 7) is 1.78. The fourth-order valence-electron chi connectivity index (χ4n) is 3.15. The number of hydrogen-bond donors (Lipinski definition) is 2. The Morgan fingerprint density at radius 1 is 1.10 bits per heavy atom. The van der Waals surface area contributed by atoms with Gasteiger partial charge in [0.05, 0.1) is 18.9 Å². The zero-order chi connectivity index (χ0) is 22.2. The number of aliphatic hydroxyl groups excluding tert-OH is 1. The van der Waals surface area contributed by atoms with Gasteiger partial charge in [-0.05, 0) is 30.2 Å². The van der Waals surface area contributed by atoms with Gasteiger partial charge in [-0.25, -0.2) is 0 Å². The number of carbonyl (C=O) groups is 1. The standard InChI is InChI=1S/C24H24O7/c1-2-29-22(27)13-20(24-23(28)21(26)12-19(14-25)31-24)17-8-10-18(11-9-17)30-15-16-6-4-3-5-7-16/h3-12,20,25,28H,2,13-15H2,1H3. The minimum absolute atomic E-state index is 0.00512. The second-order valence-electron chi connectivity index (χ2n) is 6.85. The quantitative estimate of drug-likeness (QED) is 0.506. The van der Waals surface area contributed by atoms with Crippen LogP contribution >= 0.6 is 0 Å². The van der Waals surface area contributed by atoms with Crippen molar-refractivity contribution in [2.45, 2.75) is 32.5 Å². The molecule has 0 amide bonds. The highest BCUT2D eigenvalue weighted by Crippen LogP contribution is 2.34. The molecule has 1 heterocycles. The van der Waals surface area contributed by atoms with Gasteiger partial charge in [-0.2, -0.15) is 0 Å². The zero-order valence-corrected chi connectivity index (χ0v) is 17.1. The van der Waals surface area contributed by atoms with Crippen LogP contribution in [0.3, 0.4) is 0 Å². The molecular formula is C24H24O7. The van der Waals surface area contributed by atoms with Crippen LogP contribution in [0.1, 0.15) is 41.9 Å². The molecular weight excluding hydrogens is 400 g/mol. The number of esters is 1. The number of ether oxygens (including phenoxy) is 2. The first-order valence-electron chi connectivity index (χ1n) is 9.90. The molecule has 1 unspecified atom stereocenters. The zero-order valence-electron chi connectivity index (χ0n) is 17.1. The van der Waals surface area contributed by atoms with Gasteiger partial charge >= 0.3 is 5.97 Å². The molecule has 7 nitrogen and oxygen atoms in total. The minimum Gasteiger partial charge on any atom is -0.502 e. The van der Waals surface area contributed by atoms with Gasteiger partial charge in [0, 0.05) is 6.07 Å². The van der Waals surface area contributed by atoms with E-state index in [1.54, 1.807) is 31.2 Å². The molecule has 0 aliphatic heterocycles. The van der Waals surface area contributed by atoms with Gasteiger partial charge in [-0.15, -0.1) is 0 Å². The summed E-state index contributed by atoms with van der Waals surface area (Å²) in [4.78, 5) is 24.3. The molecule has 0 saturated heterocycles. The van der Waals surface area contributed by atoms with Crippen molar-refractivity contribution in [3.8, 4) is 11.5 Å². The summed E-state index contributed by atoms with van der Waals surface area (Å²) in [5.41, 5.74) is 0.954. The van der Waals surface area contributed by atoms with Crippen LogP contribution in [0, 0.1) is 0 Å². The average Bonchev–Trinajstić information content (AvgIpc) is 2.79. The third-order valence-corrected chi connectivity index (χ3v) is 4.68. The topological polar surface area (TPSA) is 106 Å². The first-order valence-corrected chi connectivity index (χ1v) is 9.90. The summed E-state index contributed by atoms with van der Waals surface area (Å²) in [7, 11) is 0. The largest absolute Gasteiger partial charge is 0.502 e. The van der Waals surface area contributed by atoms with Crippen LogP contribution in [-0.4, -0.2) is 22.8 Å².